The predicted octanol–water partition coefficient (Wildman–Crippen LogP) is 4.97. The average Bonchev–Trinajstić information content (AvgIpc) is 2.71. The Hall–Kier alpha value is -2.61. The minimum absolute atomic E-state index is 0.0222. The molecule has 0 heterocycles. The van der Waals surface area contributed by atoms with Gasteiger partial charge in [0, 0.05) is 0 Å². The van der Waals surface area contributed by atoms with Gasteiger partial charge in [-0.25, -0.2) is 12.8 Å². The molecule has 0 saturated heterocycles. The zero-order chi connectivity index (χ0) is 21.0. The quantitative estimate of drug-likeness (QED) is 0.574. The molecule has 0 radical (unpaired) electrons. The molecular formula is C20H15Cl2FN2O3S. The molecule has 5 nitrogen and oxygen atoms in total. The van der Waals surface area contributed by atoms with Crippen molar-refractivity contribution in [3.63, 3.8) is 0 Å². The third kappa shape index (κ3) is 4.87. The maximum absolute atomic E-state index is 13.6. The number of carbonyl (C=O) groups is 1. The summed E-state index contributed by atoms with van der Waals surface area (Å²) in [4.78, 5) is 12.6. The minimum atomic E-state index is -4.12. The molecule has 3 aromatic rings. The number of sulfonamides is 1. The van der Waals surface area contributed by atoms with Crippen LogP contribution in [0, 0.1) is 5.82 Å². The Labute approximate surface area is 177 Å². The summed E-state index contributed by atoms with van der Waals surface area (Å²) in [7, 11) is -4.12. The van der Waals surface area contributed by atoms with E-state index >= 15 is 0 Å². The first-order chi connectivity index (χ1) is 13.8. The Kier molecular flexibility index (Phi) is 6.42. The number of para-hydroxylation sites is 1. The van der Waals surface area contributed by atoms with Crippen molar-refractivity contribution < 1.29 is 17.6 Å². The van der Waals surface area contributed by atoms with Crippen molar-refractivity contribution in [1.82, 2.24) is 0 Å². The smallest absolute Gasteiger partial charge is 0.264 e. The second-order valence-electron chi connectivity index (χ2n) is 5.95. The normalized spacial score (nSPS) is 11.1. The molecule has 29 heavy (non-hydrogen) atoms. The Bertz CT molecular complexity index is 1140. The number of hydrogen-bond acceptors (Lipinski definition) is 3. The van der Waals surface area contributed by atoms with Crippen molar-refractivity contribution in [3.8, 4) is 0 Å². The van der Waals surface area contributed by atoms with Gasteiger partial charge in [0.25, 0.3) is 10.0 Å². The number of hydrogen-bond donors (Lipinski definition) is 1. The van der Waals surface area contributed by atoms with Crippen LogP contribution in [0.25, 0.3) is 0 Å². The van der Waals surface area contributed by atoms with Crippen molar-refractivity contribution in [2.75, 3.05) is 16.2 Å². The van der Waals surface area contributed by atoms with Gasteiger partial charge in [-0.2, -0.15) is 0 Å². The number of anilines is 2. The number of nitrogens with one attached hydrogen (secondary N) is 1. The lowest BCUT2D eigenvalue weighted by atomic mass is 10.3. The molecule has 0 unspecified atom stereocenters. The fourth-order valence-electron chi connectivity index (χ4n) is 2.56. The SMILES string of the molecule is O=C(CN(c1ccc(F)c(Cl)c1)S(=O)(=O)c1ccccc1)Nc1ccccc1Cl. The number of halogens is 3. The average molecular weight is 453 g/mol. The Balaban J connectivity index is 1.98. The molecule has 0 aromatic heterocycles. The van der Waals surface area contributed by atoms with E-state index in [1.54, 1.807) is 42.5 Å². The highest BCUT2D eigenvalue weighted by Crippen LogP contribution is 2.28. The van der Waals surface area contributed by atoms with Gasteiger partial charge in [-0.05, 0) is 42.5 Å². The monoisotopic (exact) mass is 452 g/mol. The molecule has 0 fully saturated rings. The van der Waals surface area contributed by atoms with Crippen LogP contribution in [0.2, 0.25) is 10.0 Å². The first-order valence-corrected chi connectivity index (χ1v) is 10.6. The van der Waals surface area contributed by atoms with E-state index in [2.05, 4.69) is 5.32 Å². The predicted molar refractivity (Wildman–Crippen MR) is 112 cm³/mol. The second-order valence-corrected chi connectivity index (χ2v) is 8.63. The van der Waals surface area contributed by atoms with Crippen LogP contribution in [-0.2, 0) is 14.8 Å². The molecule has 0 atom stereocenters. The molecule has 150 valence electrons. The summed E-state index contributed by atoms with van der Waals surface area (Å²) in [5, 5.41) is 2.62. The van der Waals surface area contributed by atoms with Crippen molar-refractivity contribution in [2.24, 2.45) is 0 Å². The first kappa shape index (κ1) is 21.1. The molecule has 0 saturated carbocycles. The molecule has 0 aliphatic rings. The third-order valence-electron chi connectivity index (χ3n) is 3.96. The summed E-state index contributed by atoms with van der Waals surface area (Å²) in [5.41, 5.74) is 0.392. The van der Waals surface area contributed by atoms with E-state index in [4.69, 9.17) is 23.2 Å². The number of carbonyl (C=O) groups excluding carboxylic acids is 1. The van der Waals surface area contributed by atoms with Gasteiger partial charge in [-0.3, -0.25) is 9.10 Å². The molecule has 0 bridgehead atoms. The van der Waals surface area contributed by atoms with Crippen LogP contribution in [0.5, 0.6) is 0 Å². The molecule has 3 aromatic carbocycles. The summed E-state index contributed by atoms with van der Waals surface area (Å²) in [6.45, 7) is -0.565. The molecule has 0 spiro atoms. The van der Waals surface area contributed by atoms with Crippen LogP contribution in [0.4, 0.5) is 15.8 Å². The highest BCUT2D eigenvalue weighted by molar-refractivity contribution is 7.92. The van der Waals surface area contributed by atoms with Crippen molar-refractivity contribution in [1.29, 1.82) is 0 Å². The van der Waals surface area contributed by atoms with Crippen molar-refractivity contribution in [2.45, 2.75) is 4.90 Å². The lowest BCUT2D eigenvalue weighted by Gasteiger charge is -2.24. The largest absolute Gasteiger partial charge is 0.323 e. The zero-order valence-electron chi connectivity index (χ0n) is 14.8. The maximum Gasteiger partial charge on any atom is 0.264 e. The Morgan fingerprint density at radius 1 is 0.931 bits per heavy atom. The number of rotatable bonds is 6. The van der Waals surface area contributed by atoms with Gasteiger partial charge in [-0.15, -0.1) is 0 Å². The van der Waals surface area contributed by atoms with Crippen LogP contribution in [0.3, 0.4) is 0 Å². The van der Waals surface area contributed by atoms with Gasteiger partial charge < -0.3 is 5.32 Å². The molecule has 0 aliphatic carbocycles. The lowest BCUT2D eigenvalue weighted by Crippen LogP contribution is -2.38. The summed E-state index contributed by atoms with van der Waals surface area (Å²) < 4.78 is 40.8. The van der Waals surface area contributed by atoms with Crippen LogP contribution >= 0.6 is 23.2 Å². The minimum Gasteiger partial charge on any atom is -0.323 e. The third-order valence-corrected chi connectivity index (χ3v) is 6.36. The number of nitrogens with zero attached hydrogens (tertiary/aromatic N) is 1. The fraction of sp³-hybridized carbons (Fsp3) is 0.0500. The van der Waals surface area contributed by atoms with Gasteiger partial charge in [0.2, 0.25) is 5.91 Å². The maximum atomic E-state index is 13.6. The summed E-state index contributed by atoms with van der Waals surface area (Å²) in [6.07, 6.45) is 0. The molecular weight excluding hydrogens is 438 g/mol. The number of benzene rings is 3. The summed E-state index contributed by atoms with van der Waals surface area (Å²) in [5.74, 6) is -1.33. The standard InChI is InChI=1S/C20H15Cl2FN2O3S/c21-16-8-4-5-9-19(16)24-20(26)13-25(14-10-11-18(23)17(22)12-14)29(27,28)15-6-2-1-3-7-15/h1-12H,13H2,(H,24,26). The Morgan fingerprint density at radius 2 is 1.59 bits per heavy atom. The molecule has 3 rings (SSSR count). The van der Waals surface area contributed by atoms with Gasteiger partial charge in [0.1, 0.15) is 12.4 Å². The van der Waals surface area contributed by atoms with E-state index in [0.29, 0.717) is 10.7 Å². The van der Waals surface area contributed by atoms with Gasteiger partial charge in [0.15, 0.2) is 0 Å². The highest BCUT2D eigenvalue weighted by atomic mass is 35.5. The zero-order valence-corrected chi connectivity index (χ0v) is 17.2. The summed E-state index contributed by atoms with van der Waals surface area (Å²) in [6, 6.07) is 17.6. The van der Waals surface area contributed by atoms with E-state index in [1.807, 2.05) is 0 Å². The van der Waals surface area contributed by atoms with Crippen LogP contribution < -0.4 is 9.62 Å². The Morgan fingerprint density at radius 3 is 2.24 bits per heavy atom. The van der Waals surface area contributed by atoms with E-state index in [1.165, 1.54) is 18.2 Å². The molecule has 0 aliphatic heterocycles. The van der Waals surface area contributed by atoms with Crippen LogP contribution in [0.1, 0.15) is 0 Å². The first-order valence-electron chi connectivity index (χ1n) is 8.36. The molecule has 9 heteroatoms. The topological polar surface area (TPSA) is 66.5 Å². The van der Waals surface area contributed by atoms with Crippen molar-refractivity contribution in [3.05, 3.63) is 88.7 Å². The van der Waals surface area contributed by atoms with Crippen LogP contribution in [0.15, 0.2) is 77.7 Å². The molecule has 1 amide bonds. The second kappa shape index (κ2) is 8.82. The van der Waals surface area contributed by atoms with Crippen molar-refractivity contribution >= 4 is 50.5 Å². The van der Waals surface area contributed by atoms with E-state index in [0.717, 1.165) is 16.4 Å². The fourth-order valence-corrected chi connectivity index (χ4v) is 4.35. The number of amides is 1. The van der Waals surface area contributed by atoms with E-state index < -0.39 is 28.3 Å². The van der Waals surface area contributed by atoms with Gasteiger partial charge >= 0.3 is 0 Å². The van der Waals surface area contributed by atoms with Gasteiger partial charge in [0.05, 0.1) is 26.3 Å². The van der Waals surface area contributed by atoms with E-state index in [-0.39, 0.29) is 15.6 Å². The summed E-state index contributed by atoms with van der Waals surface area (Å²) >= 11 is 11.9. The van der Waals surface area contributed by atoms with Crippen LogP contribution in [-0.4, -0.2) is 20.9 Å². The van der Waals surface area contributed by atoms with Gasteiger partial charge in [-0.1, -0.05) is 53.5 Å². The highest BCUT2D eigenvalue weighted by Gasteiger charge is 2.27. The van der Waals surface area contributed by atoms with E-state index in [9.17, 15) is 17.6 Å². The lowest BCUT2D eigenvalue weighted by molar-refractivity contribution is -0.114. The molecule has 1 N–H and O–H groups in total.